The van der Waals surface area contributed by atoms with Crippen LogP contribution in [-0.2, 0) is 11.3 Å². The molecule has 1 aromatic carbocycles. The van der Waals surface area contributed by atoms with Crippen molar-refractivity contribution in [3.05, 3.63) is 29.3 Å². The number of nitrogens with zero attached hydrogens (tertiary/aromatic N) is 2. The fourth-order valence-corrected chi connectivity index (χ4v) is 2.76. The molecule has 106 valence electrons. The number of benzene rings is 1. The standard InChI is InChI=1S/C15H18N2O3/c1-10-5-6-17(14(10)15(18)19)9-11-3-4-12(8-16)13(7-11)20-2/h3-4,7,10,14H,5-6,9H2,1-2H3,(H,18,19). The molecule has 1 aliphatic heterocycles. The minimum absolute atomic E-state index is 0.160. The smallest absolute Gasteiger partial charge is 0.321 e. The van der Waals surface area contributed by atoms with Gasteiger partial charge in [-0.1, -0.05) is 13.0 Å². The Hall–Kier alpha value is -2.06. The van der Waals surface area contributed by atoms with Gasteiger partial charge < -0.3 is 9.84 Å². The van der Waals surface area contributed by atoms with Gasteiger partial charge in [-0.3, -0.25) is 9.69 Å². The third-order valence-electron chi connectivity index (χ3n) is 3.83. The fourth-order valence-electron chi connectivity index (χ4n) is 2.76. The summed E-state index contributed by atoms with van der Waals surface area (Å²) in [6.07, 6.45) is 0.893. The molecule has 2 atom stereocenters. The summed E-state index contributed by atoms with van der Waals surface area (Å²) in [7, 11) is 1.53. The highest BCUT2D eigenvalue weighted by Crippen LogP contribution is 2.27. The number of hydrogen-bond acceptors (Lipinski definition) is 4. The SMILES string of the molecule is COc1cc(CN2CCC(C)C2C(=O)O)ccc1C#N. The van der Waals surface area contributed by atoms with E-state index in [1.165, 1.54) is 7.11 Å². The Morgan fingerprint density at radius 3 is 2.95 bits per heavy atom. The molecule has 0 radical (unpaired) electrons. The molecule has 1 aromatic rings. The van der Waals surface area contributed by atoms with E-state index in [4.69, 9.17) is 10.00 Å². The van der Waals surface area contributed by atoms with Crippen molar-refractivity contribution in [1.82, 2.24) is 4.90 Å². The lowest BCUT2D eigenvalue weighted by Gasteiger charge is -2.23. The number of carboxylic acids is 1. The van der Waals surface area contributed by atoms with Crippen LogP contribution in [0.1, 0.15) is 24.5 Å². The Bertz CT molecular complexity index is 551. The maximum absolute atomic E-state index is 11.3. The molecular formula is C15H18N2O3. The zero-order chi connectivity index (χ0) is 14.7. The Labute approximate surface area is 118 Å². The lowest BCUT2D eigenvalue weighted by atomic mass is 10.0. The monoisotopic (exact) mass is 274 g/mol. The van der Waals surface area contributed by atoms with E-state index >= 15 is 0 Å². The number of hydrogen-bond donors (Lipinski definition) is 1. The van der Waals surface area contributed by atoms with Gasteiger partial charge in [0.15, 0.2) is 0 Å². The lowest BCUT2D eigenvalue weighted by molar-refractivity contribution is -0.143. The quantitative estimate of drug-likeness (QED) is 0.907. The number of rotatable bonds is 4. The first-order chi connectivity index (χ1) is 9.56. The number of likely N-dealkylation sites (tertiary alicyclic amines) is 1. The fraction of sp³-hybridized carbons (Fsp3) is 0.467. The van der Waals surface area contributed by atoms with Gasteiger partial charge in [0.25, 0.3) is 0 Å². The average Bonchev–Trinajstić information content (AvgIpc) is 2.79. The molecule has 1 N–H and O–H groups in total. The maximum atomic E-state index is 11.3. The van der Waals surface area contributed by atoms with Crippen molar-refractivity contribution in [2.45, 2.75) is 25.9 Å². The summed E-state index contributed by atoms with van der Waals surface area (Å²) in [5, 5.41) is 18.3. The van der Waals surface area contributed by atoms with Crippen LogP contribution < -0.4 is 4.74 Å². The van der Waals surface area contributed by atoms with E-state index in [-0.39, 0.29) is 5.92 Å². The van der Waals surface area contributed by atoms with Gasteiger partial charge in [0, 0.05) is 6.54 Å². The molecule has 0 bridgehead atoms. The highest BCUT2D eigenvalue weighted by atomic mass is 16.5. The average molecular weight is 274 g/mol. The molecule has 0 aromatic heterocycles. The zero-order valence-corrected chi connectivity index (χ0v) is 11.7. The molecule has 0 aliphatic carbocycles. The summed E-state index contributed by atoms with van der Waals surface area (Å²) < 4.78 is 5.18. The normalized spacial score (nSPS) is 22.4. The van der Waals surface area contributed by atoms with E-state index in [0.717, 1.165) is 18.5 Å². The number of ether oxygens (including phenoxy) is 1. The Morgan fingerprint density at radius 2 is 2.35 bits per heavy atom. The van der Waals surface area contributed by atoms with Crippen LogP contribution in [0.25, 0.3) is 0 Å². The second kappa shape index (κ2) is 5.93. The number of carboxylic acid groups (broad SMARTS) is 1. The first-order valence-corrected chi connectivity index (χ1v) is 6.60. The molecule has 0 amide bonds. The van der Waals surface area contributed by atoms with E-state index in [1.54, 1.807) is 12.1 Å². The molecule has 0 spiro atoms. The summed E-state index contributed by atoms with van der Waals surface area (Å²) in [6, 6.07) is 7.00. The summed E-state index contributed by atoms with van der Waals surface area (Å²) in [5.74, 6) is -0.0764. The molecule has 2 rings (SSSR count). The largest absolute Gasteiger partial charge is 0.495 e. The van der Waals surface area contributed by atoms with E-state index < -0.39 is 12.0 Å². The second-order valence-electron chi connectivity index (χ2n) is 5.17. The van der Waals surface area contributed by atoms with Gasteiger partial charge in [0.1, 0.15) is 17.9 Å². The highest BCUT2D eigenvalue weighted by molar-refractivity contribution is 5.74. The molecular weight excluding hydrogens is 256 g/mol. The van der Waals surface area contributed by atoms with Gasteiger partial charge in [0.05, 0.1) is 12.7 Å². The van der Waals surface area contributed by atoms with Crippen LogP contribution >= 0.6 is 0 Å². The minimum atomic E-state index is -0.768. The molecule has 5 heteroatoms. The summed E-state index contributed by atoms with van der Waals surface area (Å²) >= 11 is 0. The molecule has 1 heterocycles. The van der Waals surface area contributed by atoms with Gasteiger partial charge in [-0.2, -0.15) is 5.26 Å². The van der Waals surface area contributed by atoms with E-state index in [2.05, 4.69) is 6.07 Å². The van der Waals surface area contributed by atoms with Crippen molar-refractivity contribution in [3.8, 4) is 11.8 Å². The third-order valence-corrected chi connectivity index (χ3v) is 3.83. The molecule has 1 saturated heterocycles. The zero-order valence-electron chi connectivity index (χ0n) is 11.7. The summed E-state index contributed by atoms with van der Waals surface area (Å²) in [6.45, 7) is 3.31. The number of carbonyl (C=O) groups is 1. The Balaban J connectivity index is 2.18. The van der Waals surface area contributed by atoms with E-state index in [0.29, 0.717) is 17.9 Å². The molecule has 5 nitrogen and oxygen atoms in total. The first-order valence-electron chi connectivity index (χ1n) is 6.60. The van der Waals surface area contributed by atoms with Gasteiger partial charge in [-0.25, -0.2) is 0 Å². The molecule has 20 heavy (non-hydrogen) atoms. The number of nitriles is 1. The van der Waals surface area contributed by atoms with E-state index in [1.807, 2.05) is 17.9 Å². The van der Waals surface area contributed by atoms with E-state index in [9.17, 15) is 9.90 Å². The van der Waals surface area contributed by atoms with Crippen LogP contribution in [0.3, 0.4) is 0 Å². The van der Waals surface area contributed by atoms with Crippen molar-refractivity contribution in [2.75, 3.05) is 13.7 Å². The first kappa shape index (κ1) is 14.4. The molecule has 1 fully saturated rings. The number of methoxy groups -OCH3 is 1. The maximum Gasteiger partial charge on any atom is 0.321 e. The number of aliphatic carboxylic acids is 1. The predicted molar refractivity (Wildman–Crippen MR) is 73.3 cm³/mol. The van der Waals surface area contributed by atoms with Crippen molar-refractivity contribution < 1.29 is 14.6 Å². The van der Waals surface area contributed by atoms with Crippen molar-refractivity contribution in [2.24, 2.45) is 5.92 Å². The van der Waals surface area contributed by atoms with Crippen LogP contribution in [0.2, 0.25) is 0 Å². The summed E-state index contributed by atoms with van der Waals surface area (Å²) in [5.41, 5.74) is 1.45. The van der Waals surface area contributed by atoms with Crippen LogP contribution in [0.15, 0.2) is 18.2 Å². The van der Waals surface area contributed by atoms with Gasteiger partial charge in [-0.15, -0.1) is 0 Å². The predicted octanol–water partition coefficient (Wildman–Crippen LogP) is 1.86. The van der Waals surface area contributed by atoms with Gasteiger partial charge in [0.2, 0.25) is 0 Å². The summed E-state index contributed by atoms with van der Waals surface area (Å²) in [4.78, 5) is 13.3. The van der Waals surface area contributed by atoms with Crippen LogP contribution in [-0.4, -0.2) is 35.7 Å². The second-order valence-corrected chi connectivity index (χ2v) is 5.17. The van der Waals surface area contributed by atoms with Crippen LogP contribution in [0.5, 0.6) is 5.75 Å². The third kappa shape index (κ3) is 2.75. The van der Waals surface area contributed by atoms with Crippen LogP contribution in [0, 0.1) is 17.2 Å². The molecule has 1 aliphatic rings. The highest BCUT2D eigenvalue weighted by Gasteiger charge is 2.36. The lowest BCUT2D eigenvalue weighted by Crippen LogP contribution is -2.38. The van der Waals surface area contributed by atoms with Crippen molar-refractivity contribution in [1.29, 1.82) is 5.26 Å². The molecule has 2 unspecified atom stereocenters. The minimum Gasteiger partial charge on any atom is -0.495 e. The van der Waals surface area contributed by atoms with Crippen LogP contribution in [0.4, 0.5) is 0 Å². The molecule has 0 saturated carbocycles. The topological polar surface area (TPSA) is 73.6 Å². The Kier molecular flexibility index (Phi) is 4.26. The van der Waals surface area contributed by atoms with Crippen molar-refractivity contribution in [3.63, 3.8) is 0 Å². The van der Waals surface area contributed by atoms with Gasteiger partial charge in [-0.05, 0) is 36.6 Å². The van der Waals surface area contributed by atoms with Crippen molar-refractivity contribution >= 4 is 5.97 Å². The Morgan fingerprint density at radius 1 is 1.60 bits per heavy atom. The van der Waals surface area contributed by atoms with Gasteiger partial charge >= 0.3 is 5.97 Å².